The number of rotatable bonds is 1. The third-order valence-corrected chi connectivity index (χ3v) is 3.75. The largest absolute Gasteiger partial charge is 0.353 e. The summed E-state index contributed by atoms with van der Waals surface area (Å²) < 4.78 is 13.4. The molecule has 4 heteroatoms. The van der Waals surface area contributed by atoms with Crippen molar-refractivity contribution in [3.05, 3.63) is 24.1 Å². The van der Waals surface area contributed by atoms with Gasteiger partial charge in [0.25, 0.3) is 0 Å². The minimum Gasteiger partial charge on any atom is -0.353 e. The molecule has 1 saturated heterocycles. The van der Waals surface area contributed by atoms with Gasteiger partial charge in [0.05, 0.1) is 0 Å². The van der Waals surface area contributed by atoms with Crippen molar-refractivity contribution in [3.63, 3.8) is 0 Å². The number of anilines is 1. The number of halogens is 2. The van der Waals surface area contributed by atoms with Crippen LogP contribution < -0.4 is 4.90 Å². The number of aromatic nitrogens is 1. The standard InChI is InChI=1S/C10H12BrFN2/c1-7-5-14(6-8(7)11)10-9(12)3-2-4-13-10/h2-4,7-8H,5-6H2,1H3. The maximum atomic E-state index is 13.4. The molecule has 14 heavy (non-hydrogen) atoms. The second kappa shape index (κ2) is 3.85. The van der Waals surface area contributed by atoms with E-state index in [1.165, 1.54) is 6.07 Å². The molecule has 0 N–H and O–H groups in total. The second-order valence-electron chi connectivity index (χ2n) is 3.71. The van der Waals surface area contributed by atoms with Gasteiger partial charge in [0, 0.05) is 24.1 Å². The van der Waals surface area contributed by atoms with Crippen molar-refractivity contribution in [2.75, 3.05) is 18.0 Å². The molecule has 2 nitrogen and oxygen atoms in total. The first kappa shape index (κ1) is 9.90. The SMILES string of the molecule is CC1CN(c2ncccc2F)CC1Br. The van der Waals surface area contributed by atoms with Crippen molar-refractivity contribution in [2.45, 2.75) is 11.8 Å². The summed E-state index contributed by atoms with van der Waals surface area (Å²) in [5.41, 5.74) is 0. The Labute approximate surface area is 91.3 Å². The summed E-state index contributed by atoms with van der Waals surface area (Å²) in [5, 5.41) is 0. The molecule has 0 spiro atoms. The molecule has 0 saturated carbocycles. The van der Waals surface area contributed by atoms with E-state index in [1.54, 1.807) is 12.3 Å². The van der Waals surface area contributed by atoms with Crippen molar-refractivity contribution in [1.82, 2.24) is 4.98 Å². The fourth-order valence-electron chi connectivity index (χ4n) is 1.71. The van der Waals surface area contributed by atoms with Crippen molar-refractivity contribution in [2.24, 2.45) is 5.92 Å². The highest BCUT2D eigenvalue weighted by atomic mass is 79.9. The second-order valence-corrected chi connectivity index (χ2v) is 4.88. The summed E-state index contributed by atoms with van der Waals surface area (Å²) in [6.07, 6.45) is 1.63. The first-order valence-corrected chi connectivity index (χ1v) is 5.59. The highest BCUT2D eigenvalue weighted by Crippen LogP contribution is 2.27. The van der Waals surface area contributed by atoms with Crippen molar-refractivity contribution >= 4 is 21.7 Å². The van der Waals surface area contributed by atoms with Crippen LogP contribution in [0.2, 0.25) is 0 Å². The Balaban J connectivity index is 2.21. The Morgan fingerprint density at radius 2 is 2.36 bits per heavy atom. The Hall–Kier alpha value is -0.640. The molecule has 0 bridgehead atoms. The van der Waals surface area contributed by atoms with E-state index in [1.807, 2.05) is 4.90 Å². The van der Waals surface area contributed by atoms with Crippen molar-refractivity contribution in [1.29, 1.82) is 0 Å². The molecule has 1 aromatic rings. The molecule has 1 fully saturated rings. The van der Waals surface area contributed by atoms with Gasteiger partial charge in [-0.3, -0.25) is 0 Å². The van der Waals surface area contributed by atoms with Gasteiger partial charge in [-0.15, -0.1) is 0 Å². The lowest BCUT2D eigenvalue weighted by Gasteiger charge is -2.16. The molecule has 0 radical (unpaired) electrons. The predicted molar refractivity (Wildman–Crippen MR) is 58.3 cm³/mol. The minimum atomic E-state index is -0.235. The zero-order chi connectivity index (χ0) is 10.1. The molecular weight excluding hydrogens is 247 g/mol. The van der Waals surface area contributed by atoms with Crippen LogP contribution in [0, 0.1) is 11.7 Å². The summed E-state index contributed by atoms with van der Waals surface area (Å²) in [4.78, 5) is 6.48. The predicted octanol–water partition coefficient (Wildman–Crippen LogP) is 2.44. The smallest absolute Gasteiger partial charge is 0.165 e. The molecule has 76 valence electrons. The van der Waals surface area contributed by atoms with Crippen LogP contribution in [0.5, 0.6) is 0 Å². The number of hydrogen-bond donors (Lipinski definition) is 0. The van der Waals surface area contributed by atoms with Crippen LogP contribution in [0.25, 0.3) is 0 Å². The molecule has 0 amide bonds. The van der Waals surface area contributed by atoms with Crippen LogP contribution in [-0.4, -0.2) is 22.9 Å². The minimum absolute atomic E-state index is 0.235. The Kier molecular flexibility index (Phi) is 2.72. The van der Waals surface area contributed by atoms with E-state index < -0.39 is 0 Å². The molecule has 0 aliphatic carbocycles. The summed E-state index contributed by atoms with van der Waals surface area (Å²) in [6.45, 7) is 3.85. The van der Waals surface area contributed by atoms with E-state index in [0.29, 0.717) is 16.6 Å². The monoisotopic (exact) mass is 258 g/mol. The number of nitrogens with zero attached hydrogens (tertiary/aromatic N) is 2. The van der Waals surface area contributed by atoms with Crippen LogP contribution >= 0.6 is 15.9 Å². The average molecular weight is 259 g/mol. The Bertz CT molecular complexity index is 322. The quantitative estimate of drug-likeness (QED) is 0.720. The zero-order valence-corrected chi connectivity index (χ0v) is 9.54. The molecule has 2 unspecified atom stereocenters. The van der Waals surface area contributed by atoms with Crippen molar-refractivity contribution in [3.8, 4) is 0 Å². The normalized spacial score (nSPS) is 26.9. The molecule has 2 heterocycles. The van der Waals surface area contributed by atoms with E-state index >= 15 is 0 Å². The van der Waals surface area contributed by atoms with Crippen LogP contribution in [0.15, 0.2) is 18.3 Å². The summed E-state index contributed by atoms with van der Waals surface area (Å²) >= 11 is 3.57. The van der Waals surface area contributed by atoms with Gasteiger partial charge in [-0.1, -0.05) is 22.9 Å². The molecule has 1 aliphatic heterocycles. The van der Waals surface area contributed by atoms with Gasteiger partial charge in [0.2, 0.25) is 0 Å². The lowest BCUT2D eigenvalue weighted by molar-refractivity contribution is 0.612. The van der Waals surface area contributed by atoms with Crippen LogP contribution in [-0.2, 0) is 0 Å². The lowest BCUT2D eigenvalue weighted by Crippen LogP contribution is -2.22. The summed E-state index contributed by atoms with van der Waals surface area (Å²) in [5.74, 6) is 0.777. The van der Waals surface area contributed by atoms with Crippen LogP contribution in [0.1, 0.15) is 6.92 Å². The van der Waals surface area contributed by atoms with Gasteiger partial charge in [-0.25, -0.2) is 9.37 Å². The Morgan fingerprint density at radius 3 is 2.93 bits per heavy atom. The van der Waals surface area contributed by atoms with E-state index in [9.17, 15) is 4.39 Å². The van der Waals surface area contributed by atoms with Crippen molar-refractivity contribution < 1.29 is 4.39 Å². The molecule has 2 atom stereocenters. The number of hydrogen-bond acceptors (Lipinski definition) is 2. The lowest BCUT2D eigenvalue weighted by atomic mass is 10.2. The molecular formula is C10H12BrFN2. The summed E-state index contributed by atoms with van der Waals surface area (Å²) in [7, 11) is 0. The van der Waals surface area contributed by atoms with Gasteiger partial charge in [0.1, 0.15) is 0 Å². The maximum Gasteiger partial charge on any atom is 0.165 e. The van der Waals surface area contributed by atoms with E-state index in [2.05, 4.69) is 27.8 Å². The summed E-state index contributed by atoms with van der Waals surface area (Å²) in [6, 6.07) is 3.07. The average Bonchev–Trinajstić information content (AvgIpc) is 2.48. The maximum absolute atomic E-state index is 13.4. The van der Waals surface area contributed by atoms with Crippen LogP contribution in [0.3, 0.4) is 0 Å². The fraction of sp³-hybridized carbons (Fsp3) is 0.500. The van der Waals surface area contributed by atoms with Gasteiger partial charge >= 0.3 is 0 Å². The first-order valence-electron chi connectivity index (χ1n) is 4.68. The number of alkyl halides is 1. The van der Waals surface area contributed by atoms with Gasteiger partial charge in [-0.05, 0) is 18.1 Å². The molecule has 0 aromatic carbocycles. The third kappa shape index (κ3) is 1.75. The zero-order valence-electron chi connectivity index (χ0n) is 7.95. The highest BCUT2D eigenvalue weighted by Gasteiger charge is 2.29. The molecule has 1 aromatic heterocycles. The Morgan fingerprint density at radius 1 is 1.57 bits per heavy atom. The fourth-order valence-corrected chi connectivity index (χ4v) is 2.23. The molecule has 2 rings (SSSR count). The molecule has 1 aliphatic rings. The van der Waals surface area contributed by atoms with Gasteiger partial charge < -0.3 is 4.90 Å². The third-order valence-electron chi connectivity index (χ3n) is 2.56. The van der Waals surface area contributed by atoms with Gasteiger partial charge in [-0.2, -0.15) is 0 Å². The topological polar surface area (TPSA) is 16.1 Å². The highest BCUT2D eigenvalue weighted by molar-refractivity contribution is 9.09. The van der Waals surface area contributed by atoms with Gasteiger partial charge in [0.15, 0.2) is 11.6 Å². The van der Waals surface area contributed by atoms with Crippen LogP contribution in [0.4, 0.5) is 10.2 Å². The van der Waals surface area contributed by atoms with E-state index in [-0.39, 0.29) is 5.82 Å². The van der Waals surface area contributed by atoms with E-state index in [0.717, 1.165) is 13.1 Å². The van der Waals surface area contributed by atoms with E-state index in [4.69, 9.17) is 0 Å². The first-order chi connectivity index (χ1) is 6.68. The number of pyridine rings is 1.